The predicted molar refractivity (Wildman–Crippen MR) is 79.8 cm³/mol. The average molecular weight is 513 g/mol. The van der Waals surface area contributed by atoms with Crippen molar-refractivity contribution in [1.82, 2.24) is 19.6 Å². The number of imidazole rings is 1. The second-order valence-electron chi connectivity index (χ2n) is 4.85. The largest absolute Gasteiger partial charge is 0 e. The number of pyridine rings is 1. The van der Waals surface area contributed by atoms with Crippen LogP contribution in [0.2, 0.25) is 5.21 Å². The monoisotopic (exact) mass is 514 g/mol. The summed E-state index contributed by atoms with van der Waals surface area (Å²) < 4.78 is 2.13. The van der Waals surface area contributed by atoms with Crippen molar-refractivity contribution in [3.8, 4) is 11.3 Å². The van der Waals surface area contributed by atoms with Crippen LogP contribution in [0.4, 0.5) is 0 Å². The van der Waals surface area contributed by atoms with Gasteiger partial charge >= 0.3 is 127 Å². The van der Waals surface area contributed by atoms with Crippen LogP contribution in [0.15, 0.2) is 30.9 Å². The van der Waals surface area contributed by atoms with E-state index in [4.69, 9.17) is 0 Å². The first kappa shape index (κ1) is 16.5. The molecule has 3 rings (SSSR count). The minimum absolute atomic E-state index is 0. The fraction of sp³-hybridized carbons (Fsp3) is 0.333. The van der Waals surface area contributed by atoms with E-state index < -0.39 is 0 Å². The molecule has 0 bridgehead atoms. The summed E-state index contributed by atoms with van der Waals surface area (Å²) in [7, 11) is 0. The Morgan fingerprint density at radius 1 is 1.43 bits per heavy atom. The van der Waals surface area contributed by atoms with Crippen LogP contribution >= 0.6 is 0 Å². The Kier molecular flexibility index (Phi) is 5.81. The van der Waals surface area contributed by atoms with Gasteiger partial charge in [0, 0.05) is 20.4 Å². The fourth-order valence-corrected chi connectivity index (χ4v) is 3.16. The van der Waals surface area contributed by atoms with Crippen LogP contribution in [-0.2, 0) is 20.4 Å². The van der Waals surface area contributed by atoms with Gasteiger partial charge in [-0.2, -0.15) is 0 Å². The number of nitrogens with one attached hydrogen (secondary N) is 1. The van der Waals surface area contributed by atoms with E-state index in [1.54, 1.807) is 0 Å². The summed E-state index contributed by atoms with van der Waals surface area (Å²) in [6, 6.07) is 5.37. The molecule has 109 valence electrons. The van der Waals surface area contributed by atoms with Crippen LogP contribution in [0.25, 0.3) is 16.9 Å². The number of hydrogen-bond acceptors (Lipinski definition) is 2. The number of rotatable bonds is 5. The molecular weight excluding hydrogens is 497 g/mol. The number of aromatic nitrogens is 4. The molecule has 3 aromatic rings. The molecule has 3 aromatic heterocycles. The van der Waals surface area contributed by atoms with Crippen molar-refractivity contribution in [2.24, 2.45) is 0 Å². The van der Waals surface area contributed by atoms with Gasteiger partial charge in [-0.1, -0.05) is 0 Å². The Balaban J connectivity index is 0.00000161. The van der Waals surface area contributed by atoms with Crippen LogP contribution in [0.3, 0.4) is 0 Å². The Morgan fingerprint density at radius 2 is 2.29 bits per heavy atom. The van der Waals surface area contributed by atoms with Gasteiger partial charge in [-0.25, -0.2) is 0 Å². The molecule has 21 heavy (non-hydrogen) atoms. The molecule has 1 atom stereocenters. The normalized spacial score (nSPS) is 12.3. The van der Waals surface area contributed by atoms with Crippen molar-refractivity contribution in [2.75, 3.05) is 0 Å². The van der Waals surface area contributed by atoms with Crippen LogP contribution in [0.1, 0.15) is 31.2 Å². The maximum absolute atomic E-state index is 4.43. The van der Waals surface area contributed by atoms with Crippen LogP contribution in [0, 0.1) is 6.07 Å². The van der Waals surface area contributed by atoms with E-state index in [0.717, 1.165) is 28.5 Å². The van der Waals surface area contributed by atoms with Crippen molar-refractivity contribution in [1.29, 1.82) is 0 Å². The Morgan fingerprint density at radius 3 is 2.95 bits per heavy atom. The molecule has 0 saturated heterocycles. The average Bonchev–Trinajstić information content (AvgIpc) is 3.12. The molecule has 0 aliphatic carbocycles. The topological polar surface area (TPSA) is 46.0 Å². The molecule has 1 unspecified atom stereocenters. The van der Waals surface area contributed by atoms with E-state index in [0.29, 0.717) is 5.92 Å². The maximum Gasteiger partial charge on any atom is 0 e. The molecule has 0 fully saturated rings. The summed E-state index contributed by atoms with van der Waals surface area (Å²) >= 11 is 2.66. The van der Waals surface area contributed by atoms with Crippen molar-refractivity contribution in [3.05, 3.63) is 42.5 Å². The first-order chi connectivity index (χ1) is 9.83. The summed E-state index contributed by atoms with van der Waals surface area (Å²) in [6.07, 6.45) is 10.1. The molecular formula is C15H16AsN4Re-. The summed E-state index contributed by atoms with van der Waals surface area (Å²) in [5.74, 6) is 0.558. The van der Waals surface area contributed by atoms with Gasteiger partial charge in [0.05, 0.1) is 0 Å². The van der Waals surface area contributed by atoms with Crippen LogP contribution < -0.4 is 0 Å². The van der Waals surface area contributed by atoms with Crippen molar-refractivity contribution in [2.45, 2.75) is 30.9 Å². The van der Waals surface area contributed by atoms with Gasteiger partial charge in [0.2, 0.25) is 0 Å². The van der Waals surface area contributed by atoms with E-state index >= 15 is 0 Å². The number of fused-ring (bicyclic) bond motifs is 1. The van der Waals surface area contributed by atoms with E-state index in [1.807, 2.05) is 24.7 Å². The first-order valence-electron chi connectivity index (χ1n) is 6.82. The molecule has 0 aliphatic rings. The fourth-order valence-electron chi connectivity index (χ4n) is 2.51. The minimum Gasteiger partial charge on any atom is 0 e. The molecule has 6 heteroatoms. The molecule has 0 aliphatic heterocycles. The smallest absolute Gasteiger partial charge is 0 e. The summed E-state index contributed by atoms with van der Waals surface area (Å²) in [6.45, 7) is 2.23. The van der Waals surface area contributed by atoms with Gasteiger partial charge in [0.25, 0.3) is 0 Å². The first-order valence-corrected chi connectivity index (χ1v) is 8.15. The third-order valence-corrected chi connectivity index (χ3v) is 4.21. The molecule has 3 heterocycles. The van der Waals surface area contributed by atoms with Crippen LogP contribution in [-0.4, -0.2) is 36.4 Å². The van der Waals surface area contributed by atoms with Crippen LogP contribution in [0.5, 0.6) is 0 Å². The zero-order chi connectivity index (χ0) is 13.9. The molecule has 1 N–H and O–H groups in total. The molecule has 3 radical (unpaired) electrons. The molecule has 0 aromatic carbocycles. The summed E-state index contributed by atoms with van der Waals surface area (Å²) in [5, 5.41) is 8.00. The zero-order valence-electron chi connectivity index (χ0n) is 11.8. The van der Waals surface area contributed by atoms with E-state index in [2.05, 4.69) is 55.6 Å². The SMILES string of the molecule is CCC(CC[As])c1[c-]cc2ncc(-c3cn[nH]c3)n2c1.[Re]. The third-order valence-electron chi connectivity index (χ3n) is 3.67. The number of hydrogen-bond donors (Lipinski definition) is 1. The zero-order valence-corrected chi connectivity index (χ0v) is 16.3. The maximum atomic E-state index is 4.43. The van der Waals surface area contributed by atoms with Crippen molar-refractivity contribution in [3.63, 3.8) is 0 Å². The van der Waals surface area contributed by atoms with Gasteiger partial charge in [0.15, 0.2) is 0 Å². The number of H-pyrrole nitrogens is 1. The van der Waals surface area contributed by atoms with Gasteiger partial charge < -0.3 is 0 Å². The van der Waals surface area contributed by atoms with Gasteiger partial charge in [0.1, 0.15) is 0 Å². The second-order valence-corrected chi connectivity index (χ2v) is 5.79. The molecule has 0 amide bonds. The van der Waals surface area contributed by atoms with E-state index in [1.165, 1.54) is 12.0 Å². The molecule has 0 spiro atoms. The predicted octanol–water partition coefficient (Wildman–Crippen LogP) is 2.99. The Labute approximate surface area is 146 Å². The quantitative estimate of drug-likeness (QED) is 0.422. The Hall–Kier alpha value is -0.879. The number of nitrogens with zero attached hydrogens (tertiary/aromatic N) is 3. The summed E-state index contributed by atoms with van der Waals surface area (Å²) in [5.41, 5.74) is 4.29. The minimum atomic E-state index is 0. The van der Waals surface area contributed by atoms with Gasteiger partial charge in [-0.05, 0) is 0 Å². The number of aromatic amines is 1. The Bertz CT molecular complexity index is 693. The van der Waals surface area contributed by atoms with Gasteiger partial charge in [-0.3, -0.25) is 0 Å². The third kappa shape index (κ3) is 3.31. The van der Waals surface area contributed by atoms with Crippen molar-refractivity contribution >= 4 is 22.5 Å². The van der Waals surface area contributed by atoms with Gasteiger partial charge in [-0.15, -0.1) is 0 Å². The molecule has 0 saturated carbocycles. The standard InChI is InChI=1S/C15H16AsN4.Re/c1-2-11(5-6-16)12-3-4-15-17-9-14(20(15)10-12)13-7-18-19-8-13;/h4,7-11H,2,5-6H2,1H3,(H,18,19);/q-1;. The summed E-state index contributed by atoms with van der Waals surface area (Å²) in [4.78, 5) is 4.43. The van der Waals surface area contributed by atoms with E-state index in [9.17, 15) is 0 Å². The van der Waals surface area contributed by atoms with E-state index in [-0.39, 0.29) is 20.4 Å². The second kappa shape index (κ2) is 7.40. The van der Waals surface area contributed by atoms with Crippen molar-refractivity contribution < 1.29 is 20.4 Å². The molecule has 4 nitrogen and oxygen atoms in total.